The first kappa shape index (κ1) is 13.5. The van der Waals surface area contributed by atoms with Crippen LogP contribution in [0, 0.1) is 17.8 Å². The lowest BCUT2D eigenvalue weighted by Gasteiger charge is -2.21. The normalized spacial score (nSPS) is 29.1. The number of hydrogen-bond acceptors (Lipinski definition) is 4. The average molecular weight is 299 g/mol. The first-order valence-electron chi connectivity index (χ1n) is 7.82. The molecule has 3 atom stereocenters. The van der Waals surface area contributed by atoms with Crippen molar-refractivity contribution in [2.24, 2.45) is 17.8 Å². The monoisotopic (exact) mass is 299 g/mol. The average Bonchev–Trinajstić information content (AvgIpc) is 3.19. The van der Waals surface area contributed by atoms with E-state index in [9.17, 15) is 14.4 Å². The van der Waals surface area contributed by atoms with Crippen LogP contribution in [-0.4, -0.2) is 22.8 Å². The molecule has 5 nitrogen and oxygen atoms in total. The number of fused-ring (bicyclic) bond motifs is 3. The van der Waals surface area contributed by atoms with Crippen LogP contribution in [0.3, 0.4) is 0 Å². The summed E-state index contributed by atoms with van der Waals surface area (Å²) in [5.41, 5.74) is 0.584. The number of imide groups is 1. The van der Waals surface area contributed by atoms with Crippen molar-refractivity contribution in [3.05, 3.63) is 35.4 Å². The lowest BCUT2D eigenvalue weighted by atomic mass is 9.86. The Morgan fingerprint density at radius 2 is 1.77 bits per heavy atom. The Hall–Kier alpha value is -2.17. The van der Waals surface area contributed by atoms with Gasteiger partial charge in [0.1, 0.15) is 0 Å². The van der Waals surface area contributed by atoms with E-state index in [1.54, 1.807) is 24.3 Å². The van der Waals surface area contributed by atoms with E-state index in [1.165, 1.54) is 19.3 Å². The summed E-state index contributed by atoms with van der Waals surface area (Å²) >= 11 is 0. The second-order valence-electron chi connectivity index (χ2n) is 6.55. The number of benzene rings is 1. The van der Waals surface area contributed by atoms with E-state index in [0.29, 0.717) is 34.4 Å². The molecule has 0 saturated heterocycles. The van der Waals surface area contributed by atoms with Crippen LogP contribution in [-0.2, 0) is 9.63 Å². The van der Waals surface area contributed by atoms with Crippen LogP contribution in [0.1, 0.15) is 52.8 Å². The molecule has 3 unspecified atom stereocenters. The van der Waals surface area contributed by atoms with Crippen LogP contribution in [0.15, 0.2) is 24.3 Å². The minimum absolute atomic E-state index is 0.292. The van der Waals surface area contributed by atoms with Gasteiger partial charge in [-0.15, -0.1) is 0 Å². The molecule has 0 spiro atoms. The SMILES string of the molecule is O=C(CC1CC2CCC1C2)ON1C(=O)c2ccccc2C1=O. The van der Waals surface area contributed by atoms with Crippen molar-refractivity contribution < 1.29 is 19.2 Å². The Kier molecular flexibility index (Phi) is 3.03. The summed E-state index contributed by atoms with van der Waals surface area (Å²) in [4.78, 5) is 41.5. The highest BCUT2D eigenvalue weighted by atomic mass is 16.7. The number of carbonyl (C=O) groups excluding carboxylic acids is 3. The Morgan fingerprint density at radius 1 is 1.09 bits per heavy atom. The molecule has 4 rings (SSSR count). The zero-order valence-corrected chi connectivity index (χ0v) is 12.2. The van der Waals surface area contributed by atoms with E-state index >= 15 is 0 Å². The van der Waals surface area contributed by atoms with Crippen molar-refractivity contribution in [1.29, 1.82) is 0 Å². The summed E-state index contributed by atoms with van der Waals surface area (Å²) in [5, 5.41) is 0.611. The van der Waals surface area contributed by atoms with Gasteiger partial charge in [0, 0.05) is 0 Å². The van der Waals surface area contributed by atoms with Gasteiger partial charge in [-0.25, -0.2) is 4.79 Å². The maximum atomic E-state index is 12.1. The van der Waals surface area contributed by atoms with Gasteiger partial charge in [-0.2, -0.15) is 0 Å². The fourth-order valence-corrected chi connectivity index (χ4v) is 4.23. The zero-order chi connectivity index (χ0) is 15.3. The number of nitrogens with zero attached hydrogens (tertiary/aromatic N) is 1. The van der Waals surface area contributed by atoms with E-state index in [4.69, 9.17) is 4.84 Å². The summed E-state index contributed by atoms with van der Waals surface area (Å²) in [5.74, 6) is 0.124. The van der Waals surface area contributed by atoms with Crippen LogP contribution in [0.2, 0.25) is 0 Å². The van der Waals surface area contributed by atoms with Crippen LogP contribution in [0.5, 0.6) is 0 Å². The molecule has 2 aliphatic carbocycles. The summed E-state index contributed by atoms with van der Waals surface area (Å²) in [6.07, 6.45) is 5.05. The van der Waals surface area contributed by atoms with Crippen molar-refractivity contribution >= 4 is 17.8 Å². The predicted molar refractivity (Wildman–Crippen MR) is 76.6 cm³/mol. The molecule has 0 N–H and O–H groups in total. The number of hydroxylamine groups is 2. The predicted octanol–water partition coefficient (Wildman–Crippen LogP) is 2.57. The smallest absolute Gasteiger partial charge is 0.330 e. The van der Waals surface area contributed by atoms with E-state index < -0.39 is 17.8 Å². The van der Waals surface area contributed by atoms with Gasteiger partial charge in [-0.05, 0) is 49.1 Å². The summed E-state index contributed by atoms with van der Waals surface area (Å²) in [6, 6.07) is 6.51. The molecule has 0 aromatic heterocycles. The first-order chi connectivity index (χ1) is 10.6. The molecule has 1 heterocycles. The van der Waals surface area contributed by atoms with Crippen LogP contribution < -0.4 is 0 Å². The molecule has 2 bridgehead atoms. The fourth-order valence-electron chi connectivity index (χ4n) is 4.23. The van der Waals surface area contributed by atoms with Crippen LogP contribution >= 0.6 is 0 Å². The molecule has 3 aliphatic rings. The summed E-state index contributed by atoms with van der Waals surface area (Å²) in [6.45, 7) is 0. The van der Waals surface area contributed by atoms with Crippen molar-refractivity contribution in [1.82, 2.24) is 5.06 Å². The Bertz CT molecular complexity index is 633. The molecule has 5 heteroatoms. The van der Waals surface area contributed by atoms with Gasteiger partial charge < -0.3 is 4.84 Å². The zero-order valence-electron chi connectivity index (χ0n) is 12.2. The van der Waals surface area contributed by atoms with Gasteiger partial charge in [0.25, 0.3) is 11.8 Å². The van der Waals surface area contributed by atoms with E-state index in [2.05, 4.69) is 0 Å². The van der Waals surface area contributed by atoms with Gasteiger partial charge >= 0.3 is 5.97 Å². The number of amides is 2. The van der Waals surface area contributed by atoms with Crippen molar-refractivity contribution in [3.8, 4) is 0 Å². The number of rotatable bonds is 3. The van der Waals surface area contributed by atoms with Crippen molar-refractivity contribution in [2.45, 2.75) is 32.1 Å². The quantitative estimate of drug-likeness (QED) is 0.805. The topological polar surface area (TPSA) is 63.7 Å². The van der Waals surface area contributed by atoms with Gasteiger partial charge in [0.2, 0.25) is 0 Å². The minimum atomic E-state index is -0.554. The third-order valence-corrected chi connectivity index (χ3v) is 5.26. The largest absolute Gasteiger partial charge is 0.333 e. The van der Waals surface area contributed by atoms with Gasteiger partial charge in [-0.1, -0.05) is 23.6 Å². The third kappa shape index (κ3) is 2.03. The lowest BCUT2D eigenvalue weighted by Crippen LogP contribution is -2.33. The first-order valence-corrected chi connectivity index (χ1v) is 7.82. The van der Waals surface area contributed by atoms with Gasteiger partial charge in [0.15, 0.2) is 0 Å². The Balaban J connectivity index is 1.43. The van der Waals surface area contributed by atoms with Gasteiger partial charge in [0.05, 0.1) is 17.5 Å². The highest BCUT2D eigenvalue weighted by Crippen LogP contribution is 2.49. The van der Waals surface area contributed by atoms with Crippen LogP contribution in [0.25, 0.3) is 0 Å². The van der Waals surface area contributed by atoms with Gasteiger partial charge in [-0.3, -0.25) is 9.59 Å². The second kappa shape index (κ2) is 4.93. The number of carbonyl (C=O) groups is 3. The summed E-state index contributed by atoms with van der Waals surface area (Å²) in [7, 11) is 0. The highest BCUT2D eigenvalue weighted by molar-refractivity contribution is 6.20. The summed E-state index contributed by atoms with van der Waals surface area (Å²) < 4.78 is 0. The molecule has 0 radical (unpaired) electrons. The molecule has 2 saturated carbocycles. The van der Waals surface area contributed by atoms with Crippen molar-refractivity contribution in [3.63, 3.8) is 0 Å². The number of hydrogen-bond donors (Lipinski definition) is 0. The Labute approximate surface area is 128 Å². The standard InChI is InChI=1S/C17H17NO4/c19-15(9-12-8-10-5-6-11(12)7-10)22-18-16(20)13-3-1-2-4-14(13)17(18)21/h1-4,10-12H,5-9H2. The Morgan fingerprint density at radius 3 is 2.32 bits per heavy atom. The molecule has 1 aromatic carbocycles. The fraction of sp³-hybridized carbons (Fsp3) is 0.471. The molecule has 114 valence electrons. The van der Waals surface area contributed by atoms with E-state index in [0.717, 1.165) is 12.3 Å². The van der Waals surface area contributed by atoms with Crippen molar-refractivity contribution in [2.75, 3.05) is 0 Å². The lowest BCUT2D eigenvalue weighted by molar-refractivity contribution is -0.170. The molecule has 22 heavy (non-hydrogen) atoms. The maximum absolute atomic E-state index is 12.1. The maximum Gasteiger partial charge on any atom is 0.333 e. The molecule has 2 fully saturated rings. The van der Waals surface area contributed by atoms with Crippen LogP contribution in [0.4, 0.5) is 0 Å². The van der Waals surface area contributed by atoms with E-state index in [-0.39, 0.29) is 0 Å². The molecule has 1 aromatic rings. The second-order valence-corrected chi connectivity index (χ2v) is 6.55. The molecular weight excluding hydrogens is 282 g/mol. The molecular formula is C17H17NO4. The highest BCUT2D eigenvalue weighted by Gasteiger charge is 2.42. The van der Waals surface area contributed by atoms with E-state index in [1.807, 2.05) is 0 Å². The molecule has 1 aliphatic heterocycles. The third-order valence-electron chi connectivity index (χ3n) is 5.26. The molecule has 2 amide bonds. The minimum Gasteiger partial charge on any atom is -0.330 e.